The number of nitrogens with one attached hydrogen (secondary N) is 1. The van der Waals surface area contributed by atoms with Gasteiger partial charge in [-0.3, -0.25) is 0 Å². The maximum atomic E-state index is 9.81. The first kappa shape index (κ1) is 22.7. The number of hydrogen-bond donors (Lipinski definition) is 2. The Bertz CT molecular complexity index is 844. The maximum Gasteiger partial charge on any atom is 0.160 e. The van der Waals surface area contributed by atoms with Gasteiger partial charge in [0, 0.05) is 29.9 Å². The van der Waals surface area contributed by atoms with Gasteiger partial charge < -0.3 is 24.6 Å². The molecule has 5 atom stereocenters. The molecule has 2 fully saturated rings. The third-order valence-corrected chi connectivity index (χ3v) is 6.34. The standard InChI is InChI=1S/C25H32ClNO4/c1-17-12-25(2,13-24(30-17)31-23-11-22(28)15-29-16-23)27-14-18-3-5-19(6-4-18)20-7-9-21(26)10-8-20/h3-10,17,22-24,27-28H,11-16H2,1-2H3. The van der Waals surface area contributed by atoms with Crippen molar-refractivity contribution in [2.75, 3.05) is 13.2 Å². The molecule has 2 heterocycles. The smallest absolute Gasteiger partial charge is 0.160 e. The van der Waals surface area contributed by atoms with Gasteiger partial charge in [0.15, 0.2) is 6.29 Å². The van der Waals surface area contributed by atoms with E-state index in [-0.39, 0.29) is 24.0 Å². The molecular formula is C25H32ClNO4. The van der Waals surface area contributed by atoms with Gasteiger partial charge in [-0.15, -0.1) is 0 Å². The van der Waals surface area contributed by atoms with Crippen molar-refractivity contribution in [2.24, 2.45) is 0 Å². The zero-order valence-electron chi connectivity index (χ0n) is 18.2. The average molecular weight is 446 g/mol. The topological polar surface area (TPSA) is 60.0 Å². The van der Waals surface area contributed by atoms with Crippen LogP contribution in [-0.2, 0) is 20.8 Å². The van der Waals surface area contributed by atoms with Crippen LogP contribution in [0.3, 0.4) is 0 Å². The van der Waals surface area contributed by atoms with Crippen LogP contribution in [0.2, 0.25) is 5.02 Å². The van der Waals surface area contributed by atoms with Crippen LogP contribution in [0.25, 0.3) is 11.1 Å². The van der Waals surface area contributed by atoms with Crippen LogP contribution in [0.15, 0.2) is 48.5 Å². The van der Waals surface area contributed by atoms with Crippen LogP contribution in [-0.4, -0.2) is 48.5 Å². The van der Waals surface area contributed by atoms with Gasteiger partial charge in [0.1, 0.15) is 0 Å². The molecule has 4 rings (SSSR count). The summed E-state index contributed by atoms with van der Waals surface area (Å²) in [7, 11) is 0. The second kappa shape index (κ2) is 9.99. The van der Waals surface area contributed by atoms with Crippen molar-refractivity contribution in [1.29, 1.82) is 0 Å². The molecule has 2 aromatic carbocycles. The zero-order valence-corrected chi connectivity index (χ0v) is 19.0. The van der Waals surface area contributed by atoms with E-state index in [1.165, 1.54) is 11.1 Å². The molecule has 31 heavy (non-hydrogen) atoms. The lowest BCUT2D eigenvalue weighted by molar-refractivity contribution is -0.244. The van der Waals surface area contributed by atoms with Crippen molar-refractivity contribution in [2.45, 2.75) is 69.8 Å². The molecule has 0 aliphatic carbocycles. The fraction of sp³-hybridized carbons (Fsp3) is 0.520. The van der Waals surface area contributed by atoms with E-state index in [1.54, 1.807) is 0 Å². The second-order valence-corrected chi connectivity index (χ2v) is 9.52. The molecule has 2 saturated heterocycles. The number of aliphatic hydroxyl groups excluding tert-OH is 1. The molecule has 0 saturated carbocycles. The van der Waals surface area contributed by atoms with Crippen LogP contribution >= 0.6 is 11.6 Å². The predicted octanol–water partition coefficient (Wildman–Crippen LogP) is 4.55. The van der Waals surface area contributed by atoms with E-state index in [9.17, 15) is 5.11 Å². The van der Waals surface area contributed by atoms with Gasteiger partial charge in [-0.25, -0.2) is 0 Å². The fourth-order valence-corrected chi connectivity index (χ4v) is 4.65. The lowest BCUT2D eigenvalue weighted by Crippen LogP contribution is -2.53. The van der Waals surface area contributed by atoms with Gasteiger partial charge in [-0.2, -0.15) is 0 Å². The van der Waals surface area contributed by atoms with E-state index in [0.29, 0.717) is 19.6 Å². The molecule has 168 valence electrons. The summed E-state index contributed by atoms with van der Waals surface area (Å²) in [5.41, 5.74) is 3.48. The average Bonchev–Trinajstić information content (AvgIpc) is 2.73. The lowest BCUT2D eigenvalue weighted by atomic mass is 9.87. The SMILES string of the molecule is CC1CC(C)(NCc2ccc(-c3ccc(Cl)cc3)cc2)CC(OC2COCC(O)C2)O1. The van der Waals surface area contributed by atoms with Gasteiger partial charge in [0.05, 0.1) is 31.5 Å². The quantitative estimate of drug-likeness (QED) is 0.683. The second-order valence-electron chi connectivity index (χ2n) is 9.09. The van der Waals surface area contributed by atoms with E-state index in [2.05, 4.69) is 43.4 Å². The highest BCUT2D eigenvalue weighted by atomic mass is 35.5. The highest BCUT2D eigenvalue weighted by Gasteiger charge is 2.38. The van der Waals surface area contributed by atoms with Crippen LogP contribution in [0.1, 0.15) is 38.7 Å². The van der Waals surface area contributed by atoms with E-state index in [4.69, 9.17) is 25.8 Å². The molecule has 2 N–H and O–H groups in total. The minimum atomic E-state index is -0.458. The minimum Gasteiger partial charge on any atom is -0.391 e. The van der Waals surface area contributed by atoms with Crippen molar-refractivity contribution in [1.82, 2.24) is 5.32 Å². The van der Waals surface area contributed by atoms with Crippen molar-refractivity contribution >= 4 is 11.6 Å². The van der Waals surface area contributed by atoms with E-state index < -0.39 is 6.10 Å². The molecule has 5 nitrogen and oxygen atoms in total. The van der Waals surface area contributed by atoms with Gasteiger partial charge in [0.25, 0.3) is 0 Å². The third kappa shape index (κ3) is 6.28. The number of hydrogen-bond acceptors (Lipinski definition) is 5. The molecule has 0 bridgehead atoms. The molecule has 0 aromatic heterocycles. The number of rotatable bonds is 6. The Morgan fingerprint density at radius 2 is 1.74 bits per heavy atom. The summed E-state index contributed by atoms with van der Waals surface area (Å²) in [4.78, 5) is 0. The number of ether oxygens (including phenoxy) is 3. The maximum absolute atomic E-state index is 9.81. The monoisotopic (exact) mass is 445 g/mol. The molecule has 0 spiro atoms. The molecule has 2 aromatic rings. The summed E-state index contributed by atoms with van der Waals surface area (Å²) in [5.74, 6) is 0. The summed E-state index contributed by atoms with van der Waals surface area (Å²) in [6.45, 7) is 5.99. The Hall–Kier alpha value is -1.47. The van der Waals surface area contributed by atoms with Gasteiger partial charge in [-0.1, -0.05) is 48.0 Å². The summed E-state index contributed by atoms with van der Waals surface area (Å²) in [6.07, 6.45) is 1.49. The zero-order chi connectivity index (χ0) is 21.8. The predicted molar refractivity (Wildman–Crippen MR) is 122 cm³/mol. The highest BCUT2D eigenvalue weighted by molar-refractivity contribution is 6.30. The summed E-state index contributed by atoms with van der Waals surface area (Å²) < 4.78 is 17.6. The van der Waals surface area contributed by atoms with Crippen molar-refractivity contribution in [3.63, 3.8) is 0 Å². The number of benzene rings is 2. The molecule has 2 aliphatic heterocycles. The molecule has 6 heteroatoms. The van der Waals surface area contributed by atoms with Crippen molar-refractivity contribution in [3.05, 3.63) is 59.1 Å². The minimum absolute atomic E-state index is 0.0919. The van der Waals surface area contributed by atoms with Gasteiger partial charge in [0.2, 0.25) is 0 Å². The van der Waals surface area contributed by atoms with Gasteiger partial charge in [-0.05, 0) is 49.1 Å². The van der Waals surface area contributed by atoms with Crippen LogP contribution in [0.5, 0.6) is 0 Å². The van der Waals surface area contributed by atoms with Crippen LogP contribution in [0, 0.1) is 0 Å². The summed E-state index contributed by atoms with van der Waals surface area (Å²) in [6, 6.07) is 16.5. The first-order valence-corrected chi connectivity index (χ1v) is 11.4. The number of aliphatic hydroxyl groups is 1. The fourth-order valence-electron chi connectivity index (χ4n) is 4.52. The van der Waals surface area contributed by atoms with Gasteiger partial charge >= 0.3 is 0 Å². The Morgan fingerprint density at radius 3 is 2.42 bits per heavy atom. The van der Waals surface area contributed by atoms with E-state index in [0.717, 1.165) is 30.0 Å². The molecule has 5 unspecified atom stereocenters. The Morgan fingerprint density at radius 1 is 1.06 bits per heavy atom. The van der Waals surface area contributed by atoms with Crippen LogP contribution < -0.4 is 5.32 Å². The molecule has 0 radical (unpaired) electrons. The Balaban J connectivity index is 1.33. The Kier molecular flexibility index (Phi) is 7.32. The largest absolute Gasteiger partial charge is 0.391 e. The van der Waals surface area contributed by atoms with E-state index >= 15 is 0 Å². The molecule has 2 aliphatic rings. The normalized spacial score (nSPS) is 31.5. The van der Waals surface area contributed by atoms with Crippen LogP contribution in [0.4, 0.5) is 0 Å². The first-order chi connectivity index (χ1) is 14.9. The molecular weight excluding hydrogens is 414 g/mol. The Labute approximate surface area is 189 Å². The molecule has 0 amide bonds. The third-order valence-electron chi connectivity index (χ3n) is 6.08. The first-order valence-electron chi connectivity index (χ1n) is 11.1. The van der Waals surface area contributed by atoms with Crippen molar-refractivity contribution < 1.29 is 19.3 Å². The number of halogens is 1. The highest BCUT2D eigenvalue weighted by Crippen LogP contribution is 2.31. The summed E-state index contributed by atoms with van der Waals surface area (Å²) in [5, 5.41) is 14.3. The van der Waals surface area contributed by atoms with Crippen molar-refractivity contribution in [3.8, 4) is 11.1 Å². The lowest BCUT2D eigenvalue weighted by Gasteiger charge is -2.43. The summed E-state index contributed by atoms with van der Waals surface area (Å²) >= 11 is 5.99. The van der Waals surface area contributed by atoms with E-state index in [1.807, 2.05) is 24.3 Å².